The summed E-state index contributed by atoms with van der Waals surface area (Å²) >= 11 is 1.21. The number of hydrogen-bond donors (Lipinski definition) is 1. The van der Waals surface area contributed by atoms with Crippen LogP contribution in [0, 0.1) is 13.8 Å². The molecule has 0 aliphatic heterocycles. The number of aromatic nitrogens is 2. The van der Waals surface area contributed by atoms with Crippen LogP contribution >= 0.6 is 11.3 Å². The third-order valence-corrected chi connectivity index (χ3v) is 6.71. The molecule has 2 heterocycles. The predicted molar refractivity (Wildman–Crippen MR) is 117 cm³/mol. The van der Waals surface area contributed by atoms with Crippen molar-refractivity contribution in [3.8, 4) is 5.75 Å². The summed E-state index contributed by atoms with van der Waals surface area (Å²) in [7, 11) is -3.32. The monoisotopic (exact) mass is 457 g/mol. The number of carbonyl (C=O) groups is 1. The highest BCUT2D eigenvalue weighted by molar-refractivity contribution is 7.90. The molecule has 0 aliphatic carbocycles. The van der Waals surface area contributed by atoms with E-state index in [1.807, 2.05) is 13.8 Å². The Morgan fingerprint density at radius 2 is 2.00 bits per heavy atom. The summed E-state index contributed by atoms with van der Waals surface area (Å²) in [6.07, 6.45) is 1.15. The van der Waals surface area contributed by atoms with Gasteiger partial charge in [0, 0.05) is 11.8 Å². The molecule has 0 radical (unpaired) electrons. The summed E-state index contributed by atoms with van der Waals surface area (Å²) in [6, 6.07) is 11.5. The van der Waals surface area contributed by atoms with Crippen molar-refractivity contribution in [2.75, 3.05) is 11.6 Å². The Bertz CT molecular complexity index is 1370. The number of aryl methyl sites for hydroxylation is 2. The van der Waals surface area contributed by atoms with E-state index in [4.69, 9.17) is 9.26 Å². The van der Waals surface area contributed by atoms with Gasteiger partial charge in [0.1, 0.15) is 18.1 Å². The lowest BCUT2D eigenvalue weighted by Gasteiger charge is -2.08. The van der Waals surface area contributed by atoms with Crippen molar-refractivity contribution in [2.24, 2.45) is 0 Å². The molecular weight excluding hydrogens is 438 g/mol. The minimum Gasteiger partial charge on any atom is -0.489 e. The Balaban J connectivity index is 1.49. The topological polar surface area (TPSA) is 111 Å². The second kappa shape index (κ2) is 8.12. The molecule has 0 spiro atoms. The van der Waals surface area contributed by atoms with Crippen LogP contribution in [0.15, 0.2) is 51.9 Å². The fourth-order valence-electron chi connectivity index (χ4n) is 2.95. The molecule has 4 rings (SSSR count). The zero-order chi connectivity index (χ0) is 22.2. The fraction of sp³-hybridized carbons (Fsp3) is 0.190. The molecule has 0 saturated carbocycles. The molecule has 0 atom stereocenters. The molecule has 160 valence electrons. The summed E-state index contributed by atoms with van der Waals surface area (Å²) < 4.78 is 35.1. The molecule has 0 aliphatic rings. The van der Waals surface area contributed by atoms with E-state index in [0.29, 0.717) is 32.4 Å². The van der Waals surface area contributed by atoms with Crippen molar-refractivity contribution in [1.82, 2.24) is 10.1 Å². The van der Waals surface area contributed by atoms with E-state index in [1.54, 1.807) is 36.4 Å². The molecule has 1 N–H and O–H groups in total. The first-order valence-corrected chi connectivity index (χ1v) is 12.0. The summed E-state index contributed by atoms with van der Waals surface area (Å²) in [6.45, 7) is 3.95. The SMILES string of the molecule is Cc1noc(C)c1COc1cccc(C(=O)Nc2nc3ccc(S(C)(=O)=O)cc3s2)c1. The van der Waals surface area contributed by atoms with Gasteiger partial charge in [-0.1, -0.05) is 22.6 Å². The maximum absolute atomic E-state index is 12.7. The zero-order valence-electron chi connectivity index (χ0n) is 17.0. The smallest absolute Gasteiger partial charge is 0.257 e. The summed E-state index contributed by atoms with van der Waals surface area (Å²) in [5, 5.41) is 7.04. The van der Waals surface area contributed by atoms with Crippen molar-refractivity contribution < 1.29 is 22.5 Å². The van der Waals surface area contributed by atoms with Gasteiger partial charge < -0.3 is 9.26 Å². The summed E-state index contributed by atoms with van der Waals surface area (Å²) in [5.74, 6) is 0.890. The summed E-state index contributed by atoms with van der Waals surface area (Å²) in [4.78, 5) is 17.3. The van der Waals surface area contributed by atoms with Gasteiger partial charge in [0.15, 0.2) is 15.0 Å². The maximum atomic E-state index is 12.7. The number of sulfone groups is 1. The quantitative estimate of drug-likeness (QED) is 0.463. The maximum Gasteiger partial charge on any atom is 0.257 e. The van der Waals surface area contributed by atoms with E-state index in [1.165, 1.54) is 17.4 Å². The Hall–Kier alpha value is -3.24. The van der Waals surface area contributed by atoms with Crippen LogP contribution < -0.4 is 10.1 Å². The van der Waals surface area contributed by atoms with Gasteiger partial charge in [-0.2, -0.15) is 0 Å². The van der Waals surface area contributed by atoms with Gasteiger partial charge in [0.2, 0.25) is 0 Å². The van der Waals surface area contributed by atoms with Crippen LogP contribution in [-0.4, -0.2) is 30.7 Å². The molecule has 0 unspecified atom stereocenters. The van der Waals surface area contributed by atoms with Crippen LogP contribution in [0.3, 0.4) is 0 Å². The molecule has 10 heteroatoms. The third-order valence-electron chi connectivity index (χ3n) is 4.67. The number of ether oxygens (including phenoxy) is 1. The molecule has 31 heavy (non-hydrogen) atoms. The van der Waals surface area contributed by atoms with Gasteiger partial charge in [-0.25, -0.2) is 13.4 Å². The van der Waals surface area contributed by atoms with Crippen molar-refractivity contribution >= 4 is 42.4 Å². The highest BCUT2D eigenvalue weighted by Gasteiger charge is 2.14. The lowest BCUT2D eigenvalue weighted by Crippen LogP contribution is -2.11. The average molecular weight is 458 g/mol. The molecule has 2 aromatic heterocycles. The summed E-state index contributed by atoms with van der Waals surface area (Å²) in [5.41, 5.74) is 2.66. The van der Waals surface area contributed by atoms with Gasteiger partial charge in [-0.3, -0.25) is 10.1 Å². The van der Waals surface area contributed by atoms with Gasteiger partial charge in [-0.05, 0) is 50.2 Å². The highest BCUT2D eigenvalue weighted by atomic mass is 32.2. The first kappa shape index (κ1) is 21.0. The van der Waals surface area contributed by atoms with E-state index in [-0.39, 0.29) is 17.4 Å². The Morgan fingerprint density at radius 3 is 2.71 bits per heavy atom. The van der Waals surface area contributed by atoms with Crippen molar-refractivity contribution in [3.05, 3.63) is 65.0 Å². The minimum absolute atomic E-state index is 0.213. The molecule has 8 nitrogen and oxygen atoms in total. The standard InChI is InChI=1S/C21H19N3O5S2/c1-12-17(13(2)29-24-12)11-28-15-6-4-5-14(9-15)20(25)23-21-22-18-8-7-16(31(3,26)27)10-19(18)30-21/h4-10H,11H2,1-3H3,(H,22,23,25). The molecule has 1 amide bonds. The first-order valence-electron chi connectivity index (χ1n) is 9.27. The predicted octanol–water partition coefficient (Wildman–Crippen LogP) is 4.14. The Morgan fingerprint density at radius 1 is 1.19 bits per heavy atom. The van der Waals surface area contributed by atoms with Crippen molar-refractivity contribution in [3.63, 3.8) is 0 Å². The van der Waals surface area contributed by atoms with Gasteiger partial charge in [-0.15, -0.1) is 0 Å². The highest BCUT2D eigenvalue weighted by Crippen LogP contribution is 2.29. The van der Waals surface area contributed by atoms with E-state index in [9.17, 15) is 13.2 Å². The second-order valence-electron chi connectivity index (χ2n) is 6.99. The number of anilines is 1. The molecule has 0 bridgehead atoms. The van der Waals surface area contributed by atoms with Crippen LogP contribution in [0.4, 0.5) is 5.13 Å². The number of nitrogens with zero attached hydrogens (tertiary/aromatic N) is 2. The molecule has 4 aromatic rings. The number of benzene rings is 2. The van der Waals surface area contributed by atoms with E-state index in [0.717, 1.165) is 17.5 Å². The lowest BCUT2D eigenvalue weighted by molar-refractivity contribution is 0.102. The van der Waals surface area contributed by atoms with Gasteiger partial charge >= 0.3 is 0 Å². The molecule has 2 aromatic carbocycles. The van der Waals surface area contributed by atoms with Crippen LogP contribution in [0.1, 0.15) is 27.4 Å². The normalized spacial score (nSPS) is 11.6. The molecular formula is C21H19N3O5S2. The molecule has 0 saturated heterocycles. The number of rotatable bonds is 6. The van der Waals surface area contributed by atoms with Crippen LogP contribution in [-0.2, 0) is 16.4 Å². The number of amides is 1. The van der Waals surface area contributed by atoms with E-state index < -0.39 is 9.84 Å². The number of fused-ring (bicyclic) bond motifs is 1. The van der Waals surface area contributed by atoms with Gasteiger partial charge in [0.25, 0.3) is 5.91 Å². The zero-order valence-corrected chi connectivity index (χ0v) is 18.6. The molecule has 0 fully saturated rings. The largest absolute Gasteiger partial charge is 0.489 e. The lowest BCUT2D eigenvalue weighted by atomic mass is 10.2. The van der Waals surface area contributed by atoms with Crippen LogP contribution in [0.5, 0.6) is 5.75 Å². The number of nitrogens with one attached hydrogen (secondary N) is 1. The van der Waals surface area contributed by atoms with Crippen molar-refractivity contribution in [1.29, 1.82) is 0 Å². The minimum atomic E-state index is -3.32. The van der Waals surface area contributed by atoms with Crippen LogP contribution in [0.2, 0.25) is 0 Å². The van der Waals surface area contributed by atoms with E-state index in [2.05, 4.69) is 15.5 Å². The second-order valence-corrected chi connectivity index (χ2v) is 10.0. The first-order chi connectivity index (χ1) is 14.7. The number of hydrogen-bond acceptors (Lipinski definition) is 8. The number of thiazole rings is 1. The van der Waals surface area contributed by atoms with Gasteiger partial charge in [0.05, 0.1) is 26.4 Å². The average Bonchev–Trinajstić information content (AvgIpc) is 3.27. The fourth-order valence-corrected chi connectivity index (χ4v) is 4.57. The van der Waals surface area contributed by atoms with E-state index >= 15 is 0 Å². The number of carbonyl (C=O) groups excluding carboxylic acids is 1. The Labute approximate surface area is 182 Å². The van der Waals surface area contributed by atoms with Crippen LogP contribution in [0.25, 0.3) is 10.2 Å². The Kier molecular flexibility index (Phi) is 5.50. The van der Waals surface area contributed by atoms with Crippen molar-refractivity contribution in [2.45, 2.75) is 25.3 Å². The third kappa shape index (κ3) is 4.59.